The minimum absolute atomic E-state index is 0.130. The van der Waals surface area contributed by atoms with Crippen molar-refractivity contribution in [3.63, 3.8) is 0 Å². The molecule has 0 amide bonds. The van der Waals surface area contributed by atoms with Crippen molar-refractivity contribution in [1.82, 2.24) is 14.5 Å². The van der Waals surface area contributed by atoms with E-state index in [0.717, 1.165) is 42.8 Å². The molecule has 9 nitrogen and oxygen atoms in total. The second kappa shape index (κ2) is 9.03. The number of nitrogens with zero attached hydrogens (tertiary/aromatic N) is 4. The standard InChI is InChI=1S/C25H26N6O3/c1-34-24(33)19-4-2-3-5-20(19)27-23-22-21(28-25(26)29-23)12-15-31(22)17-8-6-16(7-9-17)30-13-10-18(32)11-14-30/h2-9,12,15,18,32H,10-11,13-14H2,1H3,(H3,26,27,28,29). The van der Waals surface area contributed by atoms with Gasteiger partial charge in [-0.1, -0.05) is 12.1 Å². The molecule has 4 aromatic rings. The summed E-state index contributed by atoms with van der Waals surface area (Å²) in [5, 5.41) is 13.0. The third kappa shape index (κ3) is 4.13. The number of aromatic nitrogens is 3. The van der Waals surface area contributed by atoms with Crippen LogP contribution in [0, 0.1) is 0 Å². The zero-order valence-corrected chi connectivity index (χ0v) is 18.8. The predicted octanol–water partition coefficient (Wildman–Crippen LogP) is 3.49. The Bertz CT molecular complexity index is 1330. The number of fused-ring (bicyclic) bond motifs is 1. The monoisotopic (exact) mass is 458 g/mol. The number of esters is 1. The topological polar surface area (TPSA) is 119 Å². The van der Waals surface area contributed by atoms with Gasteiger partial charge >= 0.3 is 5.97 Å². The van der Waals surface area contributed by atoms with Crippen molar-refractivity contribution in [2.45, 2.75) is 18.9 Å². The van der Waals surface area contributed by atoms with Gasteiger partial charge in [-0.15, -0.1) is 0 Å². The zero-order valence-electron chi connectivity index (χ0n) is 18.8. The van der Waals surface area contributed by atoms with Crippen LogP contribution in [0.15, 0.2) is 60.8 Å². The van der Waals surface area contributed by atoms with E-state index in [-0.39, 0.29) is 12.1 Å². The third-order valence-electron chi connectivity index (χ3n) is 6.09. The second-order valence-corrected chi connectivity index (χ2v) is 8.25. The number of nitrogens with two attached hydrogens (primary N) is 1. The summed E-state index contributed by atoms with van der Waals surface area (Å²) in [5.41, 5.74) is 10.4. The van der Waals surface area contributed by atoms with Gasteiger partial charge < -0.3 is 30.4 Å². The minimum Gasteiger partial charge on any atom is -0.465 e. The Hall–Kier alpha value is -4.11. The van der Waals surface area contributed by atoms with E-state index in [9.17, 15) is 9.90 Å². The van der Waals surface area contributed by atoms with Gasteiger partial charge in [-0.05, 0) is 55.3 Å². The largest absolute Gasteiger partial charge is 0.465 e. The Morgan fingerprint density at radius 2 is 1.76 bits per heavy atom. The van der Waals surface area contributed by atoms with Crippen LogP contribution in [0.5, 0.6) is 0 Å². The van der Waals surface area contributed by atoms with E-state index < -0.39 is 5.97 Å². The van der Waals surface area contributed by atoms with Gasteiger partial charge in [-0.25, -0.2) is 9.78 Å². The number of hydrogen-bond donors (Lipinski definition) is 3. The smallest absolute Gasteiger partial charge is 0.339 e. The molecule has 1 saturated heterocycles. The molecule has 9 heteroatoms. The first-order valence-electron chi connectivity index (χ1n) is 11.2. The van der Waals surface area contributed by atoms with Gasteiger partial charge in [0.2, 0.25) is 5.95 Å². The molecule has 2 aromatic heterocycles. The van der Waals surface area contributed by atoms with Crippen molar-refractivity contribution in [1.29, 1.82) is 0 Å². The molecular weight excluding hydrogens is 432 g/mol. The lowest BCUT2D eigenvalue weighted by Gasteiger charge is -2.31. The number of carbonyl (C=O) groups excluding carboxylic acids is 1. The van der Waals surface area contributed by atoms with Gasteiger partial charge in [0, 0.05) is 30.7 Å². The lowest BCUT2D eigenvalue weighted by molar-refractivity contribution is 0.0602. The number of rotatable bonds is 5. The number of nitrogens with one attached hydrogen (secondary N) is 1. The lowest BCUT2D eigenvalue weighted by Crippen LogP contribution is -2.35. The summed E-state index contributed by atoms with van der Waals surface area (Å²) in [4.78, 5) is 23.3. The molecule has 5 rings (SSSR count). The molecule has 0 radical (unpaired) electrons. The molecule has 0 spiro atoms. The van der Waals surface area contributed by atoms with Crippen LogP contribution in [-0.2, 0) is 4.74 Å². The summed E-state index contributed by atoms with van der Waals surface area (Å²) < 4.78 is 6.90. The van der Waals surface area contributed by atoms with Crippen LogP contribution < -0.4 is 16.0 Å². The van der Waals surface area contributed by atoms with E-state index in [1.807, 2.05) is 35.0 Å². The maximum atomic E-state index is 12.2. The fourth-order valence-electron chi connectivity index (χ4n) is 4.32. The molecule has 1 aliphatic heterocycles. The Morgan fingerprint density at radius 1 is 1.06 bits per heavy atom. The number of piperidine rings is 1. The number of carbonyl (C=O) groups is 1. The number of anilines is 4. The number of aliphatic hydroxyl groups excluding tert-OH is 1. The lowest BCUT2D eigenvalue weighted by atomic mass is 10.1. The molecule has 0 unspecified atom stereocenters. The number of methoxy groups -OCH3 is 1. The van der Waals surface area contributed by atoms with E-state index >= 15 is 0 Å². The SMILES string of the molecule is COC(=O)c1ccccc1Nc1nc(N)nc2ccn(-c3ccc(N4CCC(O)CC4)cc3)c12. The molecule has 1 fully saturated rings. The highest BCUT2D eigenvalue weighted by Gasteiger charge is 2.19. The average molecular weight is 459 g/mol. The Balaban J connectivity index is 1.52. The Morgan fingerprint density at radius 3 is 2.50 bits per heavy atom. The average Bonchev–Trinajstić information content (AvgIpc) is 3.28. The normalized spacial score (nSPS) is 14.4. The summed E-state index contributed by atoms with van der Waals surface area (Å²) in [5.74, 6) is 0.168. The maximum Gasteiger partial charge on any atom is 0.339 e. The highest BCUT2D eigenvalue weighted by molar-refractivity contribution is 5.98. The first-order chi connectivity index (χ1) is 16.5. The van der Waals surface area contributed by atoms with Gasteiger partial charge in [0.1, 0.15) is 5.52 Å². The molecule has 3 heterocycles. The fraction of sp³-hybridized carbons (Fsp3) is 0.240. The van der Waals surface area contributed by atoms with Crippen LogP contribution in [0.3, 0.4) is 0 Å². The molecule has 34 heavy (non-hydrogen) atoms. The highest BCUT2D eigenvalue weighted by atomic mass is 16.5. The van der Waals surface area contributed by atoms with Crippen LogP contribution in [0.25, 0.3) is 16.7 Å². The number of ether oxygens (including phenoxy) is 1. The van der Waals surface area contributed by atoms with Crippen LogP contribution in [0.1, 0.15) is 23.2 Å². The van der Waals surface area contributed by atoms with Crippen molar-refractivity contribution in [2.75, 3.05) is 36.1 Å². The third-order valence-corrected chi connectivity index (χ3v) is 6.09. The molecule has 2 aromatic carbocycles. The zero-order chi connectivity index (χ0) is 23.7. The van der Waals surface area contributed by atoms with Crippen LogP contribution >= 0.6 is 0 Å². The minimum atomic E-state index is -0.447. The van der Waals surface area contributed by atoms with Gasteiger partial charge in [-0.2, -0.15) is 4.98 Å². The van der Waals surface area contributed by atoms with Gasteiger partial charge in [0.15, 0.2) is 5.82 Å². The molecular formula is C25H26N6O3. The molecule has 1 aliphatic rings. The summed E-state index contributed by atoms with van der Waals surface area (Å²) in [6, 6.07) is 17.2. The number of nitrogen functional groups attached to an aromatic ring is 1. The number of aliphatic hydroxyl groups is 1. The fourth-order valence-corrected chi connectivity index (χ4v) is 4.32. The molecule has 4 N–H and O–H groups in total. The molecule has 0 atom stereocenters. The highest BCUT2D eigenvalue weighted by Crippen LogP contribution is 2.30. The van der Waals surface area contributed by atoms with Crippen molar-refractivity contribution in [2.24, 2.45) is 0 Å². The number of para-hydroxylation sites is 1. The Kier molecular flexibility index (Phi) is 5.77. The molecule has 0 saturated carbocycles. The number of hydrogen-bond acceptors (Lipinski definition) is 8. The summed E-state index contributed by atoms with van der Waals surface area (Å²) in [6.45, 7) is 1.68. The summed E-state index contributed by atoms with van der Waals surface area (Å²) >= 11 is 0. The summed E-state index contributed by atoms with van der Waals surface area (Å²) in [7, 11) is 1.35. The predicted molar refractivity (Wildman–Crippen MR) is 132 cm³/mol. The van der Waals surface area contributed by atoms with E-state index in [1.54, 1.807) is 18.2 Å². The first kappa shape index (κ1) is 21.7. The second-order valence-electron chi connectivity index (χ2n) is 8.25. The molecule has 174 valence electrons. The van der Waals surface area contributed by atoms with Crippen LogP contribution in [0.2, 0.25) is 0 Å². The van der Waals surface area contributed by atoms with E-state index in [4.69, 9.17) is 10.5 Å². The van der Waals surface area contributed by atoms with Crippen molar-refractivity contribution in [3.05, 3.63) is 66.4 Å². The Labute approximate surface area is 196 Å². The van der Waals surface area contributed by atoms with Crippen LogP contribution in [0.4, 0.5) is 23.1 Å². The van der Waals surface area contributed by atoms with E-state index in [1.165, 1.54) is 7.11 Å². The van der Waals surface area contributed by atoms with Crippen molar-refractivity contribution >= 4 is 40.1 Å². The van der Waals surface area contributed by atoms with Crippen LogP contribution in [-0.4, -0.2) is 51.9 Å². The van der Waals surface area contributed by atoms with Crippen molar-refractivity contribution < 1.29 is 14.6 Å². The van der Waals surface area contributed by atoms with Crippen molar-refractivity contribution in [3.8, 4) is 5.69 Å². The van der Waals surface area contributed by atoms with Gasteiger partial charge in [0.05, 0.1) is 30.0 Å². The summed E-state index contributed by atoms with van der Waals surface area (Å²) in [6.07, 6.45) is 3.28. The van der Waals surface area contributed by atoms with Gasteiger partial charge in [-0.3, -0.25) is 0 Å². The molecule has 0 aliphatic carbocycles. The van der Waals surface area contributed by atoms with Gasteiger partial charge in [0.25, 0.3) is 0 Å². The quantitative estimate of drug-likeness (QED) is 0.389. The number of benzene rings is 2. The molecule has 0 bridgehead atoms. The van der Waals surface area contributed by atoms with E-state index in [2.05, 4.69) is 32.3 Å². The van der Waals surface area contributed by atoms with E-state index in [0.29, 0.717) is 22.6 Å². The maximum absolute atomic E-state index is 12.2. The first-order valence-corrected chi connectivity index (χ1v) is 11.2.